The van der Waals surface area contributed by atoms with Crippen molar-refractivity contribution in [2.45, 2.75) is 24.7 Å². The van der Waals surface area contributed by atoms with Crippen LogP contribution in [0.25, 0.3) is 0 Å². The first-order valence-electron chi connectivity index (χ1n) is 6.08. The molecule has 5 heteroatoms. The summed E-state index contributed by atoms with van der Waals surface area (Å²) in [7, 11) is 0.673. The number of hydrogen-bond acceptors (Lipinski definition) is 4. The quantitative estimate of drug-likeness (QED) is 0.827. The van der Waals surface area contributed by atoms with Crippen molar-refractivity contribution in [2.24, 2.45) is 0 Å². The second-order valence-electron chi connectivity index (χ2n) is 4.46. The lowest BCUT2D eigenvalue weighted by atomic mass is 10.2. The average molecular weight is 269 g/mol. The van der Waals surface area contributed by atoms with Gasteiger partial charge in [-0.3, -0.25) is 4.21 Å². The topological polar surface area (TPSA) is 61.5 Å². The van der Waals surface area contributed by atoms with Crippen LogP contribution in [0.3, 0.4) is 0 Å². The van der Waals surface area contributed by atoms with Gasteiger partial charge in [0.25, 0.3) is 0 Å². The number of anilines is 1. The Balaban J connectivity index is 1.97. The van der Waals surface area contributed by atoms with E-state index in [9.17, 15) is 4.21 Å². The van der Waals surface area contributed by atoms with Crippen molar-refractivity contribution in [3.8, 4) is 5.75 Å². The molecule has 1 aliphatic heterocycles. The summed E-state index contributed by atoms with van der Waals surface area (Å²) in [6.45, 7) is 0.799. The van der Waals surface area contributed by atoms with Crippen LogP contribution in [0.2, 0.25) is 0 Å². The molecule has 2 unspecified atom stereocenters. The van der Waals surface area contributed by atoms with Gasteiger partial charge in [0.2, 0.25) is 0 Å². The molecule has 2 rings (SSSR count). The molecule has 0 radical (unpaired) electrons. The first kappa shape index (κ1) is 13.4. The van der Waals surface area contributed by atoms with E-state index in [0.29, 0.717) is 22.9 Å². The third-order valence-corrected chi connectivity index (χ3v) is 4.40. The maximum Gasteiger partial charge on any atom is 0.125 e. The summed E-state index contributed by atoms with van der Waals surface area (Å²) in [6.07, 6.45) is 2.25. The average Bonchev–Trinajstić information content (AvgIpc) is 2.84. The van der Waals surface area contributed by atoms with Crippen LogP contribution in [0.5, 0.6) is 5.75 Å². The molecule has 1 saturated heterocycles. The Morgan fingerprint density at radius 1 is 1.56 bits per heavy atom. The van der Waals surface area contributed by atoms with E-state index in [1.807, 2.05) is 6.07 Å². The Labute approximate surface area is 110 Å². The van der Waals surface area contributed by atoms with Gasteiger partial charge in [-0.15, -0.1) is 0 Å². The van der Waals surface area contributed by atoms with Crippen molar-refractivity contribution in [3.63, 3.8) is 0 Å². The van der Waals surface area contributed by atoms with Gasteiger partial charge in [-0.05, 0) is 18.9 Å². The lowest BCUT2D eigenvalue weighted by molar-refractivity contribution is 0.128. The van der Waals surface area contributed by atoms with Crippen molar-refractivity contribution in [3.05, 3.63) is 23.8 Å². The Bertz CT molecular complexity index is 430. The lowest BCUT2D eigenvalue weighted by Gasteiger charge is -2.11. The SMILES string of the molecule is COc1cc(N)ccc1CS(=O)CC1CCCO1. The molecular weight excluding hydrogens is 250 g/mol. The molecule has 100 valence electrons. The van der Waals surface area contributed by atoms with Crippen LogP contribution in [0.1, 0.15) is 18.4 Å². The highest BCUT2D eigenvalue weighted by Crippen LogP contribution is 2.23. The van der Waals surface area contributed by atoms with Crippen LogP contribution in [-0.2, 0) is 21.3 Å². The van der Waals surface area contributed by atoms with Gasteiger partial charge in [0, 0.05) is 34.7 Å². The van der Waals surface area contributed by atoms with Gasteiger partial charge in [0.15, 0.2) is 0 Å². The lowest BCUT2D eigenvalue weighted by Crippen LogP contribution is -2.16. The van der Waals surface area contributed by atoms with E-state index in [0.717, 1.165) is 25.0 Å². The van der Waals surface area contributed by atoms with E-state index >= 15 is 0 Å². The Morgan fingerprint density at radius 3 is 3.06 bits per heavy atom. The van der Waals surface area contributed by atoms with Crippen molar-refractivity contribution in [1.82, 2.24) is 0 Å². The molecule has 0 aromatic heterocycles. The number of benzene rings is 1. The van der Waals surface area contributed by atoms with Crippen molar-refractivity contribution < 1.29 is 13.7 Å². The fourth-order valence-electron chi connectivity index (χ4n) is 2.10. The largest absolute Gasteiger partial charge is 0.496 e. The maximum absolute atomic E-state index is 12.1. The number of methoxy groups -OCH3 is 1. The molecule has 0 spiro atoms. The minimum Gasteiger partial charge on any atom is -0.496 e. The highest BCUT2D eigenvalue weighted by Gasteiger charge is 2.19. The summed E-state index contributed by atoms with van der Waals surface area (Å²) in [4.78, 5) is 0. The molecular formula is C13H19NO3S. The summed E-state index contributed by atoms with van der Waals surface area (Å²) in [6, 6.07) is 5.45. The van der Waals surface area contributed by atoms with E-state index in [2.05, 4.69) is 0 Å². The van der Waals surface area contributed by atoms with Crippen LogP contribution in [0.4, 0.5) is 5.69 Å². The number of nitrogens with two attached hydrogens (primary N) is 1. The highest BCUT2D eigenvalue weighted by molar-refractivity contribution is 7.84. The summed E-state index contributed by atoms with van der Waals surface area (Å²) < 4.78 is 22.8. The zero-order valence-electron chi connectivity index (χ0n) is 10.6. The molecule has 0 saturated carbocycles. The van der Waals surface area contributed by atoms with Crippen molar-refractivity contribution in [2.75, 3.05) is 25.2 Å². The molecule has 18 heavy (non-hydrogen) atoms. The maximum atomic E-state index is 12.1. The van der Waals surface area contributed by atoms with Gasteiger partial charge in [-0.25, -0.2) is 0 Å². The Morgan fingerprint density at radius 2 is 2.39 bits per heavy atom. The molecule has 2 N–H and O–H groups in total. The normalized spacial score (nSPS) is 20.8. The van der Waals surface area contributed by atoms with E-state index in [1.165, 1.54) is 0 Å². The first-order valence-corrected chi connectivity index (χ1v) is 7.57. The minimum absolute atomic E-state index is 0.158. The van der Waals surface area contributed by atoms with E-state index in [4.69, 9.17) is 15.2 Å². The number of ether oxygens (including phenoxy) is 2. The number of nitrogen functional groups attached to an aromatic ring is 1. The molecule has 0 aliphatic carbocycles. The Hall–Kier alpha value is -1.07. The zero-order valence-corrected chi connectivity index (χ0v) is 11.4. The summed E-state index contributed by atoms with van der Waals surface area (Å²) in [5.41, 5.74) is 7.28. The fourth-order valence-corrected chi connectivity index (χ4v) is 3.48. The molecule has 1 aromatic rings. The van der Waals surface area contributed by atoms with Gasteiger partial charge in [0.05, 0.1) is 24.7 Å². The fraction of sp³-hybridized carbons (Fsp3) is 0.538. The monoisotopic (exact) mass is 269 g/mol. The van der Waals surface area contributed by atoms with Gasteiger partial charge in [0.1, 0.15) is 5.75 Å². The molecule has 2 atom stereocenters. The second kappa shape index (κ2) is 6.20. The zero-order chi connectivity index (χ0) is 13.0. The van der Waals surface area contributed by atoms with Crippen LogP contribution >= 0.6 is 0 Å². The Kier molecular flexibility index (Phi) is 4.60. The molecule has 1 aliphatic rings. The standard InChI is InChI=1S/C13H19NO3S/c1-16-13-7-11(14)5-4-10(13)8-18(15)9-12-3-2-6-17-12/h4-5,7,12H,2-3,6,8-9,14H2,1H3. The van der Waals surface area contributed by atoms with Gasteiger partial charge >= 0.3 is 0 Å². The summed E-state index contributed by atoms with van der Waals surface area (Å²) in [5.74, 6) is 1.80. The van der Waals surface area contributed by atoms with Crippen molar-refractivity contribution >= 4 is 16.5 Å². The van der Waals surface area contributed by atoms with Gasteiger partial charge in [-0.1, -0.05) is 6.07 Å². The smallest absolute Gasteiger partial charge is 0.125 e. The first-order chi connectivity index (χ1) is 8.69. The van der Waals surface area contributed by atoms with E-state index < -0.39 is 10.8 Å². The third kappa shape index (κ3) is 3.46. The van der Waals surface area contributed by atoms with Crippen LogP contribution < -0.4 is 10.5 Å². The van der Waals surface area contributed by atoms with Crippen molar-refractivity contribution in [1.29, 1.82) is 0 Å². The third-order valence-electron chi connectivity index (χ3n) is 3.02. The highest BCUT2D eigenvalue weighted by atomic mass is 32.2. The molecule has 1 heterocycles. The predicted octanol–water partition coefficient (Wildman–Crippen LogP) is 1.71. The molecule has 1 aromatic carbocycles. The minimum atomic E-state index is -0.925. The predicted molar refractivity (Wildman–Crippen MR) is 73.1 cm³/mol. The summed E-state index contributed by atoms with van der Waals surface area (Å²) in [5, 5.41) is 0. The van der Waals surface area contributed by atoms with Crippen LogP contribution in [0.15, 0.2) is 18.2 Å². The second-order valence-corrected chi connectivity index (χ2v) is 5.96. The summed E-state index contributed by atoms with van der Waals surface area (Å²) >= 11 is 0. The van der Waals surface area contributed by atoms with Crippen LogP contribution in [-0.4, -0.2) is 29.8 Å². The van der Waals surface area contributed by atoms with Crippen LogP contribution in [0, 0.1) is 0 Å². The molecule has 4 nitrogen and oxygen atoms in total. The van der Waals surface area contributed by atoms with E-state index in [1.54, 1.807) is 19.2 Å². The number of hydrogen-bond donors (Lipinski definition) is 1. The molecule has 1 fully saturated rings. The van der Waals surface area contributed by atoms with E-state index in [-0.39, 0.29) is 6.10 Å². The molecule has 0 bridgehead atoms. The molecule has 0 amide bonds. The number of rotatable bonds is 5. The van der Waals surface area contributed by atoms with Gasteiger partial charge in [-0.2, -0.15) is 0 Å². The van der Waals surface area contributed by atoms with Gasteiger partial charge < -0.3 is 15.2 Å².